The number of hydrogen-bond donors (Lipinski definition) is 1. The first-order valence-corrected chi connectivity index (χ1v) is 7.41. The third-order valence-corrected chi connectivity index (χ3v) is 4.34. The van der Waals surface area contributed by atoms with Gasteiger partial charge in [-0.3, -0.25) is 14.5 Å². The molecule has 0 aromatic heterocycles. The second-order valence-corrected chi connectivity index (χ2v) is 6.19. The fourth-order valence-corrected chi connectivity index (χ4v) is 3.20. The zero-order valence-corrected chi connectivity index (χ0v) is 13.2. The third-order valence-electron chi connectivity index (χ3n) is 2.99. The van der Waals surface area contributed by atoms with Gasteiger partial charge < -0.3 is 5.11 Å². The second kappa shape index (κ2) is 6.26. The van der Waals surface area contributed by atoms with Crippen LogP contribution in [-0.4, -0.2) is 32.7 Å². The fraction of sp³-hybridized carbons (Fsp3) is 0.200. The fourth-order valence-electron chi connectivity index (χ4n) is 1.97. The van der Waals surface area contributed by atoms with E-state index in [4.69, 9.17) is 17.3 Å². The smallest absolute Gasteiger partial charge is 0.323 e. The minimum Gasteiger partial charge on any atom is -0.480 e. The van der Waals surface area contributed by atoms with Crippen LogP contribution in [0.3, 0.4) is 0 Å². The Bertz CT molecular complexity index is 703. The number of thiocarbonyl (C=S) groups is 1. The lowest BCUT2D eigenvalue weighted by atomic mass is 10.0. The number of benzene rings is 1. The molecule has 1 heterocycles. The number of carbonyl (C=O) groups is 2. The SMILES string of the molecule is CC(=C=C1SC(=S)N(CC(=O)O)C1=O)c1ccccc1C. The van der Waals surface area contributed by atoms with Gasteiger partial charge in [0.05, 0.1) is 0 Å². The van der Waals surface area contributed by atoms with Gasteiger partial charge in [0, 0.05) is 0 Å². The van der Waals surface area contributed by atoms with Crippen molar-refractivity contribution in [3.05, 3.63) is 46.0 Å². The molecule has 1 aliphatic heterocycles. The monoisotopic (exact) mass is 319 g/mol. The van der Waals surface area contributed by atoms with E-state index in [9.17, 15) is 9.59 Å². The molecule has 0 radical (unpaired) electrons. The van der Waals surface area contributed by atoms with Crippen molar-refractivity contribution in [2.24, 2.45) is 0 Å². The zero-order valence-electron chi connectivity index (χ0n) is 11.5. The number of amides is 1. The number of thioether (sulfide) groups is 1. The second-order valence-electron chi connectivity index (χ2n) is 4.55. The van der Waals surface area contributed by atoms with E-state index in [1.54, 1.807) is 0 Å². The van der Waals surface area contributed by atoms with E-state index in [1.807, 2.05) is 38.1 Å². The van der Waals surface area contributed by atoms with Gasteiger partial charge in [-0.05, 0) is 42.3 Å². The van der Waals surface area contributed by atoms with Gasteiger partial charge >= 0.3 is 5.97 Å². The van der Waals surface area contributed by atoms with E-state index < -0.39 is 18.4 Å². The Kier molecular flexibility index (Phi) is 4.63. The van der Waals surface area contributed by atoms with Gasteiger partial charge in [0.2, 0.25) is 0 Å². The summed E-state index contributed by atoms with van der Waals surface area (Å²) in [6.07, 6.45) is 0. The Morgan fingerprint density at radius 1 is 1.43 bits per heavy atom. The maximum atomic E-state index is 12.1. The number of rotatable bonds is 3. The van der Waals surface area contributed by atoms with Crippen molar-refractivity contribution in [1.82, 2.24) is 4.90 Å². The minimum atomic E-state index is -1.09. The van der Waals surface area contributed by atoms with Crippen LogP contribution >= 0.6 is 24.0 Å². The van der Waals surface area contributed by atoms with E-state index in [1.165, 1.54) is 0 Å². The molecule has 1 aromatic carbocycles. The molecule has 6 heteroatoms. The predicted molar refractivity (Wildman–Crippen MR) is 86.8 cm³/mol. The highest BCUT2D eigenvalue weighted by Crippen LogP contribution is 2.31. The summed E-state index contributed by atoms with van der Waals surface area (Å²) in [7, 11) is 0. The number of carbonyl (C=O) groups excluding carboxylic acids is 1. The normalized spacial score (nSPS) is 14.4. The van der Waals surface area contributed by atoms with Gasteiger partial charge in [0.15, 0.2) is 0 Å². The minimum absolute atomic E-state index is 0.252. The molecular formula is C15H13NO3S2. The highest BCUT2D eigenvalue weighted by molar-refractivity contribution is 8.26. The van der Waals surface area contributed by atoms with Crippen LogP contribution in [0, 0.1) is 6.92 Å². The Morgan fingerprint density at radius 3 is 2.71 bits per heavy atom. The van der Waals surface area contributed by atoms with E-state index in [0.717, 1.165) is 33.4 Å². The lowest BCUT2D eigenvalue weighted by molar-refractivity contribution is -0.140. The quantitative estimate of drug-likeness (QED) is 0.527. The van der Waals surface area contributed by atoms with Crippen molar-refractivity contribution in [3.8, 4) is 0 Å². The molecule has 1 saturated heterocycles. The Balaban J connectivity index is 2.40. The van der Waals surface area contributed by atoms with Gasteiger partial charge in [0.1, 0.15) is 15.8 Å². The first kappa shape index (κ1) is 15.5. The van der Waals surface area contributed by atoms with Gasteiger partial charge in [-0.1, -0.05) is 42.2 Å². The molecule has 1 aliphatic rings. The highest BCUT2D eigenvalue weighted by Gasteiger charge is 2.33. The molecule has 1 aromatic rings. The average Bonchev–Trinajstić information content (AvgIpc) is 2.66. The van der Waals surface area contributed by atoms with Crippen LogP contribution in [0.25, 0.3) is 5.57 Å². The van der Waals surface area contributed by atoms with E-state index >= 15 is 0 Å². The van der Waals surface area contributed by atoms with Gasteiger partial charge in [0.25, 0.3) is 5.91 Å². The topological polar surface area (TPSA) is 57.6 Å². The molecule has 0 saturated carbocycles. The van der Waals surface area contributed by atoms with Gasteiger partial charge in [-0.2, -0.15) is 0 Å². The van der Waals surface area contributed by atoms with Gasteiger partial charge in [-0.15, -0.1) is 0 Å². The zero-order chi connectivity index (χ0) is 15.6. The van der Waals surface area contributed by atoms with Crippen LogP contribution in [0.2, 0.25) is 0 Å². The number of aryl methyl sites for hydroxylation is 1. The van der Waals surface area contributed by atoms with Crippen LogP contribution in [-0.2, 0) is 9.59 Å². The van der Waals surface area contributed by atoms with Crippen molar-refractivity contribution in [3.63, 3.8) is 0 Å². The molecule has 0 bridgehead atoms. The maximum absolute atomic E-state index is 12.1. The summed E-state index contributed by atoms with van der Waals surface area (Å²) >= 11 is 6.12. The number of nitrogens with zero attached hydrogens (tertiary/aromatic N) is 1. The molecule has 4 nitrogen and oxygen atoms in total. The molecule has 1 fully saturated rings. The van der Waals surface area contributed by atoms with Crippen molar-refractivity contribution < 1.29 is 14.7 Å². The van der Waals surface area contributed by atoms with Crippen LogP contribution in [0.4, 0.5) is 0 Å². The first-order chi connectivity index (χ1) is 9.90. The largest absolute Gasteiger partial charge is 0.480 e. The summed E-state index contributed by atoms with van der Waals surface area (Å²) in [5, 5.41) is 8.79. The number of carboxylic acids is 1. The number of hydrogen-bond acceptors (Lipinski definition) is 4. The van der Waals surface area contributed by atoms with Gasteiger partial charge in [-0.25, -0.2) is 0 Å². The molecule has 108 valence electrons. The Labute approximate surface area is 132 Å². The molecule has 2 rings (SSSR count). The molecule has 0 aliphatic carbocycles. The molecule has 1 N–H and O–H groups in total. The summed E-state index contributed by atoms with van der Waals surface area (Å²) in [6, 6.07) is 7.80. The van der Waals surface area contributed by atoms with Crippen LogP contribution in [0.5, 0.6) is 0 Å². The molecular weight excluding hydrogens is 306 g/mol. The Morgan fingerprint density at radius 2 is 2.10 bits per heavy atom. The van der Waals surface area contributed by atoms with E-state index in [-0.39, 0.29) is 4.32 Å². The summed E-state index contributed by atoms with van der Waals surface area (Å²) in [6.45, 7) is 3.43. The average molecular weight is 319 g/mol. The molecule has 21 heavy (non-hydrogen) atoms. The van der Waals surface area contributed by atoms with Crippen molar-refractivity contribution in [1.29, 1.82) is 0 Å². The van der Waals surface area contributed by atoms with E-state index in [0.29, 0.717) is 4.91 Å². The van der Waals surface area contributed by atoms with Crippen molar-refractivity contribution in [2.75, 3.05) is 6.54 Å². The highest BCUT2D eigenvalue weighted by atomic mass is 32.2. The summed E-state index contributed by atoms with van der Waals surface area (Å²) in [5.74, 6) is -1.49. The molecule has 0 atom stereocenters. The standard InChI is InChI=1S/C15H13NO3S2/c1-9-5-3-4-6-11(9)10(2)7-12-14(19)16(8-13(17)18)15(20)21-12/h3-6H,8H2,1-2H3,(H,17,18). The Hall–Kier alpha value is -1.88. The molecule has 0 unspecified atom stereocenters. The van der Waals surface area contributed by atoms with Crippen molar-refractivity contribution in [2.45, 2.75) is 13.8 Å². The van der Waals surface area contributed by atoms with E-state index in [2.05, 4.69) is 5.73 Å². The van der Waals surface area contributed by atoms with Crippen molar-refractivity contribution >= 4 is 45.7 Å². The first-order valence-electron chi connectivity index (χ1n) is 6.19. The number of carboxylic acid groups (broad SMARTS) is 1. The predicted octanol–water partition coefficient (Wildman–Crippen LogP) is 2.83. The summed E-state index contributed by atoms with van der Waals surface area (Å²) in [4.78, 5) is 24.3. The molecule has 1 amide bonds. The maximum Gasteiger partial charge on any atom is 0.323 e. The lowest BCUT2D eigenvalue weighted by Gasteiger charge is -2.09. The summed E-state index contributed by atoms with van der Waals surface area (Å²) < 4.78 is 0.252. The lowest BCUT2D eigenvalue weighted by Crippen LogP contribution is -2.33. The third kappa shape index (κ3) is 3.42. The van der Waals surface area contributed by atoms with Crippen LogP contribution in [0.1, 0.15) is 18.1 Å². The number of aliphatic carboxylic acids is 1. The van der Waals surface area contributed by atoms with Crippen LogP contribution < -0.4 is 0 Å². The van der Waals surface area contributed by atoms with Crippen LogP contribution in [0.15, 0.2) is 34.9 Å². The molecule has 0 spiro atoms. The summed E-state index contributed by atoms with van der Waals surface area (Å²) in [5.41, 5.74) is 5.95.